The number of ether oxygens (including phenoxy) is 5. The zero-order chi connectivity index (χ0) is 25.4. The van der Waals surface area contributed by atoms with Crippen LogP contribution >= 0.6 is 0 Å². The van der Waals surface area contributed by atoms with Gasteiger partial charge in [-0.3, -0.25) is 0 Å². The van der Waals surface area contributed by atoms with E-state index in [0.717, 1.165) is 46.6 Å². The van der Waals surface area contributed by atoms with Crippen molar-refractivity contribution >= 4 is 5.97 Å². The zero-order valence-corrected chi connectivity index (χ0v) is 20.8. The van der Waals surface area contributed by atoms with Crippen molar-refractivity contribution in [2.75, 3.05) is 35.5 Å². The standard InChI is InChI=1S/C28H32O7/c1-31-23-13-9-19(15-27(23)35-5)7-11-21-16-20(24(32-2)17-25(21)33-3)10-6-18-8-12-22(28(29)30)26(14-18)34-4/h8-9,12-17H,6-7,10-11H2,1-5H3,(H,29,30). The van der Waals surface area contributed by atoms with Gasteiger partial charge in [-0.2, -0.15) is 0 Å². The monoisotopic (exact) mass is 480 g/mol. The van der Waals surface area contributed by atoms with E-state index in [2.05, 4.69) is 6.07 Å². The van der Waals surface area contributed by atoms with Crippen molar-refractivity contribution in [1.29, 1.82) is 0 Å². The normalized spacial score (nSPS) is 10.5. The van der Waals surface area contributed by atoms with Crippen molar-refractivity contribution in [3.05, 3.63) is 76.3 Å². The molecule has 0 saturated heterocycles. The fraction of sp³-hybridized carbons (Fsp3) is 0.321. The van der Waals surface area contributed by atoms with Crippen LogP contribution in [0.4, 0.5) is 0 Å². The van der Waals surface area contributed by atoms with E-state index in [4.69, 9.17) is 23.7 Å². The summed E-state index contributed by atoms with van der Waals surface area (Å²) in [5.41, 5.74) is 4.40. The molecule has 186 valence electrons. The smallest absolute Gasteiger partial charge is 0.339 e. The minimum Gasteiger partial charge on any atom is -0.496 e. The number of carboxylic acids is 1. The molecular weight excluding hydrogens is 448 g/mol. The van der Waals surface area contributed by atoms with Gasteiger partial charge in [-0.05, 0) is 78.3 Å². The average molecular weight is 481 g/mol. The molecule has 0 amide bonds. The Morgan fingerprint density at radius 3 is 1.54 bits per heavy atom. The van der Waals surface area contributed by atoms with Crippen molar-refractivity contribution in [2.24, 2.45) is 0 Å². The Morgan fingerprint density at radius 1 is 0.571 bits per heavy atom. The van der Waals surface area contributed by atoms with Crippen molar-refractivity contribution in [1.82, 2.24) is 0 Å². The molecule has 0 atom stereocenters. The molecule has 0 aliphatic heterocycles. The number of methoxy groups -OCH3 is 5. The van der Waals surface area contributed by atoms with Gasteiger partial charge in [0.15, 0.2) is 11.5 Å². The SMILES string of the molecule is COc1cc(OC)c(CCc2ccc(C(=O)O)c(OC)c2)cc1CCc1ccc(OC)c(OC)c1. The Labute approximate surface area is 206 Å². The predicted molar refractivity (Wildman–Crippen MR) is 134 cm³/mol. The number of aromatic carboxylic acids is 1. The van der Waals surface area contributed by atoms with Crippen LogP contribution < -0.4 is 23.7 Å². The molecule has 7 heteroatoms. The molecule has 1 N–H and O–H groups in total. The maximum absolute atomic E-state index is 11.4. The molecule has 0 spiro atoms. The summed E-state index contributed by atoms with van der Waals surface area (Å²) in [5, 5.41) is 9.31. The van der Waals surface area contributed by atoms with Gasteiger partial charge in [0.2, 0.25) is 0 Å². The molecule has 0 unspecified atom stereocenters. The van der Waals surface area contributed by atoms with Crippen LogP contribution in [0, 0.1) is 0 Å². The summed E-state index contributed by atoms with van der Waals surface area (Å²) >= 11 is 0. The van der Waals surface area contributed by atoms with Crippen LogP contribution in [0.2, 0.25) is 0 Å². The van der Waals surface area contributed by atoms with E-state index in [1.54, 1.807) is 40.6 Å². The highest BCUT2D eigenvalue weighted by Crippen LogP contribution is 2.33. The molecule has 0 saturated carbocycles. The molecule has 0 fully saturated rings. The quantitative estimate of drug-likeness (QED) is 0.391. The number of hydrogen-bond donors (Lipinski definition) is 1. The molecular formula is C28H32O7. The summed E-state index contributed by atoms with van der Waals surface area (Å²) in [7, 11) is 8.03. The maximum Gasteiger partial charge on any atom is 0.339 e. The summed E-state index contributed by atoms with van der Waals surface area (Å²) in [6, 6.07) is 15.2. The van der Waals surface area contributed by atoms with E-state index >= 15 is 0 Å². The van der Waals surface area contributed by atoms with E-state index in [1.165, 1.54) is 7.11 Å². The van der Waals surface area contributed by atoms with Crippen molar-refractivity contribution in [3.8, 4) is 28.7 Å². The van der Waals surface area contributed by atoms with Crippen molar-refractivity contribution < 1.29 is 33.6 Å². The first-order valence-corrected chi connectivity index (χ1v) is 11.3. The Balaban J connectivity index is 1.81. The van der Waals surface area contributed by atoms with E-state index in [1.807, 2.05) is 30.3 Å². The van der Waals surface area contributed by atoms with Crippen LogP contribution in [0.1, 0.15) is 32.6 Å². The maximum atomic E-state index is 11.4. The van der Waals surface area contributed by atoms with Gasteiger partial charge >= 0.3 is 5.97 Å². The molecule has 0 radical (unpaired) electrons. The predicted octanol–water partition coefficient (Wildman–Crippen LogP) is 5.00. The van der Waals surface area contributed by atoms with Gasteiger partial charge in [-0.25, -0.2) is 4.79 Å². The number of carbonyl (C=O) groups is 1. The number of aryl methyl sites for hydroxylation is 4. The van der Waals surface area contributed by atoms with Gasteiger partial charge in [0.1, 0.15) is 22.8 Å². The summed E-state index contributed by atoms with van der Waals surface area (Å²) < 4.78 is 27.3. The Hall–Kier alpha value is -3.87. The first-order chi connectivity index (χ1) is 16.9. The largest absolute Gasteiger partial charge is 0.496 e. The Bertz CT molecular complexity index is 1170. The van der Waals surface area contributed by atoms with E-state index in [0.29, 0.717) is 30.1 Å². The molecule has 0 bridgehead atoms. The van der Waals surface area contributed by atoms with Gasteiger partial charge in [-0.1, -0.05) is 12.1 Å². The highest BCUT2D eigenvalue weighted by molar-refractivity contribution is 5.91. The lowest BCUT2D eigenvalue weighted by Crippen LogP contribution is -2.03. The molecule has 0 aliphatic rings. The van der Waals surface area contributed by atoms with Gasteiger partial charge in [0.25, 0.3) is 0 Å². The van der Waals surface area contributed by atoms with Crippen LogP contribution in [-0.2, 0) is 25.7 Å². The number of benzene rings is 3. The third kappa shape index (κ3) is 6.18. The Morgan fingerprint density at radius 2 is 1.06 bits per heavy atom. The van der Waals surface area contributed by atoms with Crippen LogP contribution in [0.25, 0.3) is 0 Å². The first kappa shape index (κ1) is 25.7. The molecule has 0 heterocycles. The zero-order valence-electron chi connectivity index (χ0n) is 20.8. The van der Waals surface area contributed by atoms with E-state index in [-0.39, 0.29) is 5.56 Å². The average Bonchev–Trinajstić information content (AvgIpc) is 2.89. The van der Waals surface area contributed by atoms with E-state index < -0.39 is 5.97 Å². The number of carboxylic acid groups (broad SMARTS) is 1. The highest BCUT2D eigenvalue weighted by atomic mass is 16.5. The summed E-state index contributed by atoms with van der Waals surface area (Å²) in [6.07, 6.45) is 2.99. The lowest BCUT2D eigenvalue weighted by Gasteiger charge is -2.16. The first-order valence-electron chi connectivity index (χ1n) is 11.3. The third-order valence-corrected chi connectivity index (χ3v) is 5.99. The number of rotatable bonds is 12. The van der Waals surface area contributed by atoms with Crippen LogP contribution in [0.15, 0.2) is 48.5 Å². The number of hydrogen-bond acceptors (Lipinski definition) is 6. The Kier molecular flexibility index (Phi) is 8.84. The summed E-state index contributed by atoms with van der Waals surface area (Å²) in [6.45, 7) is 0. The second-order valence-corrected chi connectivity index (χ2v) is 8.01. The molecule has 3 aromatic rings. The summed E-state index contributed by atoms with van der Waals surface area (Å²) in [5.74, 6) is 2.28. The molecule has 0 aliphatic carbocycles. The minimum atomic E-state index is -1.01. The van der Waals surface area contributed by atoms with Gasteiger partial charge in [-0.15, -0.1) is 0 Å². The van der Waals surface area contributed by atoms with Crippen LogP contribution in [0.5, 0.6) is 28.7 Å². The lowest BCUT2D eigenvalue weighted by atomic mass is 9.97. The fourth-order valence-corrected chi connectivity index (χ4v) is 4.09. The fourth-order valence-electron chi connectivity index (χ4n) is 4.09. The van der Waals surface area contributed by atoms with Gasteiger partial charge in [0.05, 0.1) is 35.5 Å². The second-order valence-electron chi connectivity index (χ2n) is 8.01. The van der Waals surface area contributed by atoms with Crippen LogP contribution in [-0.4, -0.2) is 46.6 Å². The molecule has 7 nitrogen and oxygen atoms in total. The van der Waals surface area contributed by atoms with Gasteiger partial charge in [0, 0.05) is 6.07 Å². The molecule has 0 aromatic heterocycles. The third-order valence-electron chi connectivity index (χ3n) is 5.99. The highest BCUT2D eigenvalue weighted by Gasteiger charge is 2.15. The lowest BCUT2D eigenvalue weighted by molar-refractivity contribution is 0.0693. The topological polar surface area (TPSA) is 83.5 Å². The molecule has 35 heavy (non-hydrogen) atoms. The van der Waals surface area contributed by atoms with Crippen molar-refractivity contribution in [2.45, 2.75) is 25.7 Å². The minimum absolute atomic E-state index is 0.149. The van der Waals surface area contributed by atoms with E-state index in [9.17, 15) is 9.90 Å². The van der Waals surface area contributed by atoms with Crippen LogP contribution in [0.3, 0.4) is 0 Å². The molecule has 3 rings (SSSR count). The molecule has 3 aromatic carbocycles. The second kappa shape index (κ2) is 12.0. The summed E-state index contributed by atoms with van der Waals surface area (Å²) in [4.78, 5) is 11.4. The van der Waals surface area contributed by atoms with Gasteiger partial charge < -0.3 is 28.8 Å². The van der Waals surface area contributed by atoms with Crippen molar-refractivity contribution in [3.63, 3.8) is 0 Å².